The number of carbonyl (C=O) groups excluding carboxylic acids is 1. The Morgan fingerprint density at radius 3 is 2.50 bits per heavy atom. The lowest BCUT2D eigenvalue weighted by atomic mass is 10.1. The molecule has 0 N–H and O–H groups in total. The Kier molecular flexibility index (Phi) is 4.50. The maximum absolute atomic E-state index is 14.9. The Labute approximate surface area is 160 Å². The zero-order chi connectivity index (χ0) is 19.8. The number of likely N-dealkylation sites (N-methyl/N-ethyl adjacent to an activating group) is 1. The minimum absolute atomic E-state index is 0.0712. The molecule has 0 saturated carbocycles. The highest BCUT2D eigenvalue weighted by molar-refractivity contribution is 5.92. The first-order chi connectivity index (χ1) is 13.4. The molecule has 0 bridgehead atoms. The van der Waals surface area contributed by atoms with E-state index >= 15 is 0 Å². The molecule has 1 aromatic carbocycles. The quantitative estimate of drug-likeness (QED) is 0.689. The minimum Gasteiger partial charge on any atom is -0.350 e. The SMILES string of the molecule is CN(C(=O)c1ccn(C)n1)C1CN(c2ncnc(-c3ccc(F)cc3)c2F)C1. The molecule has 3 heterocycles. The zero-order valence-electron chi connectivity index (χ0n) is 15.4. The summed E-state index contributed by atoms with van der Waals surface area (Å²) >= 11 is 0. The molecule has 4 rings (SSSR count). The van der Waals surface area contributed by atoms with Crippen molar-refractivity contribution in [2.24, 2.45) is 7.05 Å². The van der Waals surface area contributed by atoms with Crippen molar-refractivity contribution in [1.82, 2.24) is 24.6 Å². The predicted octanol–water partition coefficient (Wildman–Crippen LogP) is 2.12. The number of hydrogen-bond acceptors (Lipinski definition) is 5. The molecule has 28 heavy (non-hydrogen) atoms. The largest absolute Gasteiger partial charge is 0.350 e. The van der Waals surface area contributed by atoms with Crippen LogP contribution in [0, 0.1) is 11.6 Å². The number of carbonyl (C=O) groups is 1. The number of anilines is 1. The first-order valence-electron chi connectivity index (χ1n) is 8.72. The molecule has 7 nitrogen and oxygen atoms in total. The maximum atomic E-state index is 14.9. The molecule has 1 aliphatic rings. The summed E-state index contributed by atoms with van der Waals surface area (Å²) in [5, 5.41) is 4.12. The third-order valence-electron chi connectivity index (χ3n) is 4.85. The molecule has 3 aromatic rings. The highest BCUT2D eigenvalue weighted by atomic mass is 19.1. The van der Waals surface area contributed by atoms with E-state index in [1.54, 1.807) is 40.8 Å². The molecule has 0 spiro atoms. The number of nitrogens with zero attached hydrogens (tertiary/aromatic N) is 6. The topological polar surface area (TPSA) is 67.2 Å². The number of benzene rings is 1. The van der Waals surface area contributed by atoms with Crippen LogP contribution in [0.5, 0.6) is 0 Å². The lowest BCUT2D eigenvalue weighted by Gasteiger charge is -2.44. The van der Waals surface area contributed by atoms with E-state index in [0.29, 0.717) is 24.3 Å². The smallest absolute Gasteiger partial charge is 0.274 e. The van der Waals surface area contributed by atoms with Crippen LogP contribution >= 0.6 is 0 Å². The van der Waals surface area contributed by atoms with Crippen LogP contribution in [0.2, 0.25) is 0 Å². The molecule has 0 aliphatic carbocycles. The van der Waals surface area contributed by atoms with Crippen molar-refractivity contribution in [3.8, 4) is 11.3 Å². The molecule has 9 heteroatoms. The van der Waals surface area contributed by atoms with Gasteiger partial charge in [0.15, 0.2) is 11.6 Å². The number of hydrogen-bond donors (Lipinski definition) is 0. The first-order valence-corrected chi connectivity index (χ1v) is 8.72. The van der Waals surface area contributed by atoms with E-state index in [0.717, 1.165) is 0 Å². The fourth-order valence-corrected chi connectivity index (χ4v) is 3.14. The molecular formula is C19H18F2N6O. The molecule has 0 unspecified atom stereocenters. The van der Waals surface area contributed by atoms with Crippen LogP contribution in [-0.2, 0) is 7.05 Å². The van der Waals surface area contributed by atoms with Crippen LogP contribution in [-0.4, -0.2) is 56.7 Å². The number of aryl methyl sites for hydroxylation is 1. The van der Waals surface area contributed by atoms with Gasteiger partial charge < -0.3 is 9.80 Å². The summed E-state index contributed by atoms with van der Waals surface area (Å²) in [6, 6.07) is 7.06. The van der Waals surface area contributed by atoms with Crippen molar-refractivity contribution in [2.45, 2.75) is 6.04 Å². The first kappa shape index (κ1) is 18.0. The van der Waals surface area contributed by atoms with Gasteiger partial charge in [-0.05, 0) is 30.3 Å². The summed E-state index contributed by atoms with van der Waals surface area (Å²) in [5.74, 6) is -0.972. The van der Waals surface area contributed by atoms with E-state index < -0.39 is 11.6 Å². The van der Waals surface area contributed by atoms with Gasteiger partial charge in [0.2, 0.25) is 0 Å². The summed E-state index contributed by atoms with van der Waals surface area (Å²) in [6.07, 6.45) is 2.99. The van der Waals surface area contributed by atoms with Gasteiger partial charge >= 0.3 is 0 Å². The minimum atomic E-state index is -0.564. The van der Waals surface area contributed by atoms with E-state index in [1.165, 1.54) is 30.6 Å². The summed E-state index contributed by atoms with van der Waals surface area (Å²) in [5.41, 5.74) is 0.962. The van der Waals surface area contributed by atoms with Crippen molar-refractivity contribution >= 4 is 11.7 Å². The van der Waals surface area contributed by atoms with Crippen LogP contribution < -0.4 is 4.90 Å². The molecule has 2 aromatic heterocycles. The van der Waals surface area contributed by atoms with Gasteiger partial charge in [0, 0.05) is 38.9 Å². The van der Waals surface area contributed by atoms with Gasteiger partial charge in [-0.1, -0.05) is 0 Å². The Balaban J connectivity index is 1.48. The Morgan fingerprint density at radius 2 is 1.86 bits per heavy atom. The van der Waals surface area contributed by atoms with Crippen molar-refractivity contribution in [2.75, 3.05) is 25.0 Å². The summed E-state index contributed by atoms with van der Waals surface area (Å²) in [4.78, 5) is 23.9. The molecule has 0 atom stereocenters. The van der Waals surface area contributed by atoms with Crippen LogP contribution in [0.25, 0.3) is 11.3 Å². The highest BCUT2D eigenvalue weighted by Gasteiger charge is 2.36. The van der Waals surface area contributed by atoms with Gasteiger partial charge in [-0.2, -0.15) is 5.10 Å². The molecule has 144 valence electrons. The second-order valence-corrected chi connectivity index (χ2v) is 6.72. The maximum Gasteiger partial charge on any atom is 0.274 e. The van der Waals surface area contributed by atoms with Gasteiger partial charge in [-0.25, -0.2) is 18.7 Å². The number of rotatable bonds is 4. The van der Waals surface area contributed by atoms with Crippen molar-refractivity contribution in [3.63, 3.8) is 0 Å². The average molecular weight is 384 g/mol. The highest BCUT2D eigenvalue weighted by Crippen LogP contribution is 2.29. The number of amides is 1. The number of halogens is 2. The van der Waals surface area contributed by atoms with Gasteiger partial charge in [0.05, 0.1) is 6.04 Å². The van der Waals surface area contributed by atoms with Gasteiger partial charge in [-0.3, -0.25) is 9.48 Å². The van der Waals surface area contributed by atoms with Crippen molar-refractivity contribution in [1.29, 1.82) is 0 Å². The summed E-state index contributed by atoms with van der Waals surface area (Å²) in [6.45, 7) is 0.901. The van der Waals surface area contributed by atoms with Gasteiger partial charge in [0.1, 0.15) is 23.5 Å². The molecule has 0 radical (unpaired) electrons. The Hall–Kier alpha value is -3.36. The van der Waals surface area contributed by atoms with Crippen LogP contribution in [0.4, 0.5) is 14.6 Å². The predicted molar refractivity (Wildman–Crippen MR) is 98.7 cm³/mol. The van der Waals surface area contributed by atoms with E-state index in [1.807, 2.05) is 0 Å². The molecular weight excluding hydrogens is 366 g/mol. The summed E-state index contributed by atoms with van der Waals surface area (Å²) in [7, 11) is 3.46. The van der Waals surface area contributed by atoms with Crippen LogP contribution in [0.15, 0.2) is 42.9 Å². The van der Waals surface area contributed by atoms with Crippen LogP contribution in [0.3, 0.4) is 0 Å². The van der Waals surface area contributed by atoms with Crippen LogP contribution in [0.1, 0.15) is 10.5 Å². The molecule has 1 fully saturated rings. The zero-order valence-corrected chi connectivity index (χ0v) is 15.4. The second kappa shape index (κ2) is 6.99. The van der Waals surface area contributed by atoms with E-state index in [2.05, 4.69) is 15.1 Å². The lowest BCUT2D eigenvalue weighted by Crippen LogP contribution is -2.60. The van der Waals surface area contributed by atoms with Gasteiger partial charge in [-0.15, -0.1) is 0 Å². The second-order valence-electron chi connectivity index (χ2n) is 6.72. The third kappa shape index (κ3) is 3.19. The lowest BCUT2D eigenvalue weighted by molar-refractivity contribution is 0.0698. The normalized spacial score (nSPS) is 14.1. The van der Waals surface area contributed by atoms with Crippen molar-refractivity contribution < 1.29 is 13.6 Å². The van der Waals surface area contributed by atoms with Crippen molar-refractivity contribution in [3.05, 3.63) is 60.2 Å². The molecule has 1 saturated heterocycles. The number of aromatic nitrogens is 4. The van der Waals surface area contributed by atoms with E-state index in [9.17, 15) is 13.6 Å². The van der Waals surface area contributed by atoms with Gasteiger partial charge in [0.25, 0.3) is 5.91 Å². The summed E-state index contributed by atoms with van der Waals surface area (Å²) < 4.78 is 29.6. The Morgan fingerprint density at radius 1 is 1.14 bits per heavy atom. The van der Waals surface area contributed by atoms with E-state index in [-0.39, 0.29) is 23.5 Å². The average Bonchev–Trinajstić information content (AvgIpc) is 3.08. The fourth-order valence-electron chi connectivity index (χ4n) is 3.14. The Bertz CT molecular complexity index is 1010. The third-order valence-corrected chi connectivity index (χ3v) is 4.85. The standard InChI is InChI=1S/C19H18F2N6O/c1-25-8-7-15(24-25)19(28)26(2)14-9-27(10-14)18-16(21)17(22-11-23-18)12-3-5-13(20)6-4-12/h3-8,11,14H,9-10H2,1-2H3. The molecule has 1 aliphatic heterocycles. The molecule has 1 amide bonds. The fraction of sp³-hybridized carbons (Fsp3) is 0.263. The monoisotopic (exact) mass is 384 g/mol. The van der Waals surface area contributed by atoms with E-state index in [4.69, 9.17) is 0 Å².